The zero-order valence-electron chi connectivity index (χ0n) is 11.0. The number of hydrogen-bond acceptors (Lipinski definition) is 4. The first kappa shape index (κ1) is 14.9. The molecule has 0 aromatic carbocycles. The summed E-state index contributed by atoms with van der Waals surface area (Å²) in [5, 5.41) is 13.3. The number of rotatable bonds is 5. The van der Waals surface area contributed by atoms with Gasteiger partial charge in [-0.1, -0.05) is 6.92 Å². The van der Waals surface area contributed by atoms with Gasteiger partial charge in [0.15, 0.2) is 0 Å². The molecule has 0 aliphatic carbocycles. The molecule has 0 aromatic heterocycles. The van der Waals surface area contributed by atoms with E-state index in [1.165, 1.54) is 6.92 Å². The van der Waals surface area contributed by atoms with Crippen LogP contribution < -0.4 is 10.6 Å². The van der Waals surface area contributed by atoms with Crippen LogP contribution in [0, 0.1) is 0 Å². The minimum Gasteiger partial charge on any atom is -0.480 e. The number of carboxylic acids is 1. The van der Waals surface area contributed by atoms with E-state index < -0.39 is 41.9 Å². The monoisotopic (exact) mass is 271 g/mol. The fourth-order valence-corrected chi connectivity index (χ4v) is 1.62. The van der Waals surface area contributed by atoms with Crippen molar-refractivity contribution in [3.63, 3.8) is 0 Å². The lowest BCUT2D eigenvalue weighted by atomic mass is 9.99. The molecule has 0 saturated carbocycles. The van der Waals surface area contributed by atoms with E-state index in [0.717, 1.165) is 4.90 Å². The first-order chi connectivity index (χ1) is 8.71. The molecule has 1 rings (SSSR count). The molecular formula is C11H17N3O5. The van der Waals surface area contributed by atoms with E-state index in [2.05, 4.69) is 10.6 Å². The summed E-state index contributed by atoms with van der Waals surface area (Å²) in [5.74, 6) is -2.37. The molecule has 0 spiro atoms. The van der Waals surface area contributed by atoms with Crippen molar-refractivity contribution in [2.24, 2.45) is 0 Å². The molecule has 19 heavy (non-hydrogen) atoms. The van der Waals surface area contributed by atoms with E-state index in [-0.39, 0.29) is 0 Å². The van der Waals surface area contributed by atoms with Gasteiger partial charge in [0, 0.05) is 0 Å². The molecular weight excluding hydrogens is 254 g/mol. The molecule has 1 aliphatic rings. The van der Waals surface area contributed by atoms with Crippen LogP contribution >= 0.6 is 0 Å². The summed E-state index contributed by atoms with van der Waals surface area (Å²) in [7, 11) is 0. The maximum atomic E-state index is 12.0. The van der Waals surface area contributed by atoms with E-state index >= 15 is 0 Å². The van der Waals surface area contributed by atoms with Crippen molar-refractivity contribution in [3.05, 3.63) is 0 Å². The minimum absolute atomic E-state index is 0.404. The fourth-order valence-electron chi connectivity index (χ4n) is 1.62. The predicted octanol–water partition coefficient (Wildman–Crippen LogP) is -0.704. The SMILES string of the molecule is CCC1(C)NC(=O)N(CC(=O)N[C@H](C)C(=O)O)C1=O. The molecule has 8 heteroatoms. The Bertz CT molecular complexity index is 436. The zero-order chi connectivity index (χ0) is 14.8. The first-order valence-corrected chi connectivity index (χ1v) is 5.87. The second-order valence-corrected chi connectivity index (χ2v) is 4.63. The third-order valence-corrected chi connectivity index (χ3v) is 3.10. The van der Waals surface area contributed by atoms with Gasteiger partial charge in [0.05, 0.1) is 0 Å². The van der Waals surface area contributed by atoms with Gasteiger partial charge in [0.25, 0.3) is 5.91 Å². The van der Waals surface area contributed by atoms with Crippen LogP contribution in [0.2, 0.25) is 0 Å². The van der Waals surface area contributed by atoms with Crippen LogP contribution in [0.1, 0.15) is 27.2 Å². The van der Waals surface area contributed by atoms with Gasteiger partial charge in [-0.3, -0.25) is 19.3 Å². The quantitative estimate of drug-likeness (QED) is 0.572. The lowest BCUT2D eigenvalue weighted by molar-refractivity contribution is -0.141. The fraction of sp³-hybridized carbons (Fsp3) is 0.636. The number of nitrogens with zero attached hydrogens (tertiary/aromatic N) is 1. The van der Waals surface area contributed by atoms with Crippen LogP contribution in [0.5, 0.6) is 0 Å². The Labute approximate surface area is 110 Å². The van der Waals surface area contributed by atoms with E-state index in [1.807, 2.05) is 0 Å². The Kier molecular flexibility index (Phi) is 4.13. The maximum absolute atomic E-state index is 12.0. The van der Waals surface area contributed by atoms with Crippen LogP contribution in [-0.4, -0.2) is 51.9 Å². The third kappa shape index (κ3) is 3.01. The average Bonchev–Trinajstić information content (AvgIpc) is 2.53. The smallest absolute Gasteiger partial charge is 0.325 e. The van der Waals surface area contributed by atoms with E-state index in [4.69, 9.17) is 5.11 Å². The Hall–Kier alpha value is -2.12. The van der Waals surface area contributed by atoms with E-state index in [1.54, 1.807) is 13.8 Å². The number of urea groups is 1. The summed E-state index contributed by atoms with van der Waals surface area (Å²) in [4.78, 5) is 46.5. The molecule has 0 bridgehead atoms. The lowest BCUT2D eigenvalue weighted by Gasteiger charge is -2.19. The Morgan fingerprint density at radius 2 is 2.05 bits per heavy atom. The summed E-state index contributed by atoms with van der Waals surface area (Å²) < 4.78 is 0. The highest BCUT2D eigenvalue weighted by molar-refractivity contribution is 6.08. The standard InChI is InChI=1S/C11H17N3O5/c1-4-11(3)9(18)14(10(19)13-11)5-7(15)12-6(2)8(16)17/h6H,4-5H2,1-3H3,(H,12,15)(H,13,19)(H,16,17)/t6-,11?/m1/s1. The Morgan fingerprint density at radius 3 is 2.47 bits per heavy atom. The molecule has 0 aromatic rings. The highest BCUT2D eigenvalue weighted by atomic mass is 16.4. The molecule has 0 radical (unpaired) electrons. The molecule has 1 unspecified atom stereocenters. The molecule has 2 atom stereocenters. The van der Waals surface area contributed by atoms with Gasteiger partial charge in [0.1, 0.15) is 18.1 Å². The Morgan fingerprint density at radius 1 is 1.47 bits per heavy atom. The summed E-state index contributed by atoms with van der Waals surface area (Å²) >= 11 is 0. The molecule has 106 valence electrons. The van der Waals surface area contributed by atoms with Crippen molar-refractivity contribution in [2.75, 3.05) is 6.54 Å². The van der Waals surface area contributed by atoms with Crippen LogP contribution in [0.3, 0.4) is 0 Å². The molecule has 1 aliphatic heterocycles. The molecule has 4 amide bonds. The number of carboxylic acid groups (broad SMARTS) is 1. The van der Waals surface area contributed by atoms with Crippen molar-refractivity contribution in [2.45, 2.75) is 38.8 Å². The minimum atomic E-state index is -1.19. The van der Waals surface area contributed by atoms with Crippen LogP contribution in [0.25, 0.3) is 0 Å². The summed E-state index contributed by atoms with van der Waals surface area (Å²) in [5.41, 5.74) is -1.00. The van der Waals surface area contributed by atoms with Gasteiger partial charge in [-0.25, -0.2) is 4.79 Å². The average molecular weight is 271 g/mol. The first-order valence-electron chi connectivity index (χ1n) is 5.87. The van der Waals surface area contributed by atoms with Crippen molar-refractivity contribution < 1.29 is 24.3 Å². The normalized spacial score (nSPS) is 24.1. The van der Waals surface area contributed by atoms with Crippen LogP contribution in [-0.2, 0) is 14.4 Å². The highest BCUT2D eigenvalue weighted by Gasteiger charge is 2.47. The second-order valence-electron chi connectivity index (χ2n) is 4.63. The largest absolute Gasteiger partial charge is 0.480 e. The lowest BCUT2D eigenvalue weighted by Crippen LogP contribution is -2.47. The van der Waals surface area contributed by atoms with Gasteiger partial charge in [0.2, 0.25) is 5.91 Å². The number of imide groups is 1. The van der Waals surface area contributed by atoms with Gasteiger partial charge in [-0.05, 0) is 20.3 Å². The third-order valence-electron chi connectivity index (χ3n) is 3.10. The van der Waals surface area contributed by atoms with Gasteiger partial charge >= 0.3 is 12.0 Å². The van der Waals surface area contributed by atoms with Crippen molar-refractivity contribution in [1.82, 2.24) is 15.5 Å². The van der Waals surface area contributed by atoms with Crippen molar-refractivity contribution in [3.8, 4) is 0 Å². The number of carbonyl (C=O) groups is 4. The van der Waals surface area contributed by atoms with Gasteiger partial charge in [-0.15, -0.1) is 0 Å². The van der Waals surface area contributed by atoms with Crippen molar-refractivity contribution >= 4 is 23.8 Å². The second kappa shape index (κ2) is 5.25. The molecule has 1 heterocycles. The van der Waals surface area contributed by atoms with Crippen LogP contribution in [0.4, 0.5) is 4.79 Å². The molecule has 1 saturated heterocycles. The van der Waals surface area contributed by atoms with Crippen LogP contribution in [0.15, 0.2) is 0 Å². The number of amides is 4. The number of nitrogens with one attached hydrogen (secondary N) is 2. The number of hydrogen-bond donors (Lipinski definition) is 3. The number of aliphatic carboxylic acids is 1. The topological polar surface area (TPSA) is 116 Å². The van der Waals surface area contributed by atoms with Gasteiger partial charge < -0.3 is 15.7 Å². The van der Waals surface area contributed by atoms with Gasteiger partial charge in [-0.2, -0.15) is 0 Å². The summed E-state index contributed by atoms with van der Waals surface area (Å²) in [6.45, 7) is 4.12. The Balaban J connectivity index is 2.68. The molecule has 3 N–H and O–H groups in total. The van der Waals surface area contributed by atoms with E-state index in [0.29, 0.717) is 6.42 Å². The predicted molar refractivity (Wildman–Crippen MR) is 64.2 cm³/mol. The molecule has 8 nitrogen and oxygen atoms in total. The zero-order valence-corrected chi connectivity index (χ0v) is 11.0. The maximum Gasteiger partial charge on any atom is 0.325 e. The van der Waals surface area contributed by atoms with E-state index in [9.17, 15) is 19.2 Å². The van der Waals surface area contributed by atoms with Crippen molar-refractivity contribution in [1.29, 1.82) is 0 Å². The number of carbonyl (C=O) groups excluding carboxylic acids is 3. The molecule has 1 fully saturated rings. The highest BCUT2D eigenvalue weighted by Crippen LogP contribution is 2.20. The summed E-state index contributed by atoms with van der Waals surface area (Å²) in [6, 6.07) is -1.72. The summed E-state index contributed by atoms with van der Waals surface area (Å²) in [6.07, 6.45) is 0.404.